The van der Waals surface area contributed by atoms with Crippen molar-refractivity contribution in [3.8, 4) is 0 Å². The average molecular weight is 279 g/mol. The summed E-state index contributed by atoms with van der Waals surface area (Å²) in [5, 5.41) is 4.47. The molecule has 1 aromatic carbocycles. The van der Waals surface area contributed by atoms with Gasteiger partial charge in [0.1, 0.15) is 0 Å². The van der Waals surface area contributed by atoms with Gasteiger partial charge in [-0.15, -0.1) is 0 Å². The van der Waals surface area contributed by atoms with Crippen molar-refractivity contribution in [3.05, 3.63) is 58.9 Å². The predicted octanol–water partition coefficient (Wildman–Crippen LogP) is 2.67. The highest BCUT2D eigenvalue weighted by Gasteiger charge is 2.32. The topological polar surface area (TPSA) is 60.9 Å². The van der Waals surface area contributed by atoms with Crippen LogP contribution in [0.4, 0.5) is 0 Å². The number of nitrogens with two attached hydrogens (primary N) is 1. The predicted molar refractivity (Wildman–Crippen MR) is 80.9 cm³/mol. The van der Waals surface area contributed by atoms with E-state index in [0.29, 0.717) is 17.7 Å². The number of nitrogens with zero attached hydrogens (tertiary/aromatic N) is 2. The lowest BCUT2D eigenvalue weighted by Gasteiger charge is -2.19. The van der Waals surface area contributed by atoms with Crippen molar-refractivity contribution in [2.24, 2.45) is 5.73 Å². The number of benzene rings is 1. The Morgan fingerprint density at radius 2 is 2.00 bits per heavy atom. The second kappa shape index (κ2) is 4.58. The molecule has 4 nitrogen and oxygen atoms in total. The highest BCUT2D eigenvalue weighted by atomic mass is 16.1. The molecule has 0 bridgehead atoms. The largest absolute Gasteiger partial charge is 0.364 e. The summed E-state index contributed by atoms with van der Waals surface area (Å²) in [4.78, 5) is 11.6. The number of aromatic nitrogens is 2. The fraction of sp³-hybridized carbons (Fsp3) is 0.294. The zero-order valence-corrected chi connectivity index (χ0v) is 11.7. The van der Waals surface area contributed by atoms with E-state index >= 15 is 0 Å². The van der Waals surface area contributed by atoms with Crippen LogP contribution in [0.2, 0.25) is 0 Å². The molecule has 21 heavy (non-hydrogen) atoms. The minimum atomic E-state index is -0.437. The van der Waals surface area contributed by atoms with Gasteiger partial charge >= 0.3 is 0 Å². The van der Waals surface area contributed by atoms with Crippen LogP contribution < -0.4 is 5.73 Å². The van der Waals surface area contributed by atoms with Crippen LogP contribution in [0.15, 0.2) is 36.4 Å². The molecule has 0 aliphatic heterocycles. The lowest BCUT2D eigenvalue weighted by molar-refractivity contribution is 0.0994. The molecule has 4 heteroatoms. The summed E-state index contributed by atoms with van der Waals surface area (Å²) in [6.07, 6.45) is 7.34. The molecular weight excluding hydrogens is 262 g/mol. The standard InChI is InChI=1S/C17H17N3O/c18-17(21)16-14-9-6-12(11-4-2-1-3-5-11)10-15(14)20(19-16)13-7-8-13/h1-6,9,12-13H,7-8,10H2,(H2,18,21). The maximum absolute atomic E-state index is 11.6. The zero-order valence-electron chi connectivity index (χ0n) is 11.7. The Hall–Kier alpha value is -2.36. The van der Waals surface area contributed by atoms with Gasteiger partial charge in [0.25, 0.3) is 5.91 Å². The molecule has 1 aromatic heterocycles. The quantitative estimate of drug-likeness (QED) is 0.939. The Morgan fingerprint density at radius 1 is 1.24 bits per heavy atom. The van der Waals surface area contributed by atoms with Gasteiger partial charge in [0.05, 0.1) is 6.04 Å². The summed E-state index contributed by atoms with van der Waals surface area (Å²) in [7, 11) is 0. The van der Waals surface area contributed by atoms with E-state index in [-0.39, 0.29) is 0 Å². The Balaban J connectivity index is 1.76. The number of amides is 1. The number of primary amides is 1. The molecule has 1 unspecified atom stereocenters. The van der Waals surface area contributed by atoms with Gasteiger partial charge in [-0.25, -0.2) is 0 Å². The first-order valence-electron chi connectivity index (χ1n) is 7.38. The van der Waals surface area contributed by atoms with E-state index < -0.39 is 5.91 Å². The van der Waals surface area contributed by atoms with E-state index in [2.05, 4.69) is 35.4 Å². The van der Waals surface area contributed by atoms with Crippen molar-refractivity contribution < 1.29 is 4.79 Å². The monoisotopic (exact) mass is 279 g/mol. The molecule has 0 spiro atoms. The third-order valence-electron chi connectivity index (χ3n) is 4.31. The van der Waals surface area contributed by atoms with Crippen LogP contribution in [0.3, 0.4) is 0 Å². The smallest absolute Gasteiger partial charge is 0.269 e. The van der Waals surface area contributed by atoms with Gasteiger partial charge in [-0.1, -0.05) is 42.5 Å². The van der Waals surface area contributed by atoms with Crippen molar-refractivity contribution in [1.82, 2.24) is 9.78 Å². The number of carbonyl (C=O) groups excluding carboxylic acids is 1. The van der Waals surface area contributed by atoms with E-state index in [0.717, 1.165) is 30.5 Å². The van der Waals surface area contributed by atoms with Crippen LogP contribution in [0.5, 0.6) is 0 Å². The van der Waals surface area contributed by atoms with Crippen LogP contribution in [-0.4, -0.2) is 15.7 Å². The molecule has 2 N–H and O–H groups in total. The van der Waals surface area contributed by atoms with Gasteiger partial charge in [0.2, 0.25) is 0 Å². The van der Waals surface area contributed by atoms with Gasteiger partial charge in [-0.3, -0.25) is 9.48 Å². The summed E-state index contributed by atoms with van der Waals surface area (Å²) in [6, 6.07) is 10.9. The minimum Gasteiger partial charge on any atom is -0.364 e. The molecule has 4 rings (SSSR count). The second-order valence-corrected chi connectivity index (χ2v) is 5.83. The summed E-state index contributed by atoms with van der Waals surface area (Å²) in [5.74, 6) is -0.0953. The molecule has 0 saturated heterocycles. The van der Waals surface area contributed by atoms with Gasteiger partial charge in [0, 0.05) is 23.6 Å². The number of fused-ring (bicyclic) bond motifs is 1. The first-order valence-corrected chi connectivity index (χ1v) is 7.38. The summed E-state index contributed by atoms with van der Waals surface area (Å²) in [6.45, 7) is 0. The molecule has 106 valence electrons. The van der Waals surface area contributed by atoms with Crippen molar-refractivity contribution in [3.63, 3.8) is 0 Å². The van der Waals surface area contributed by atoms with Gasteiger partial charge < -0.3 is 5.73 Å². The maximum Gasteiger partial charge on any atom is 0.269 e. The lowest BCUT2D eigenvalue weighted by atomic mass is 9.87. The van der Waals surface area contributed by atoms with Crippen LogP contribution in [0.25, 0.3) is 6.08 Å². The van der Waals surface area contributed by atoms with E-state index in [4.69, 9.17) is 5.73 Å². The van der Waals surface area contributed by atoms with Gasteiger partial charge in [0.15, 0.2) is 5.69 Å². The van der Waals surface area contributed by atoms with Crippen LogP contribution >= 0.6 is 0 Å². The number of carbonyl (C=O) groups is 1. The Kier molecular flexibility index (Phi) is 2.70. The molecule has 2 aliphatic carbocycles. The normalized spacial score (nSPS) is 20.3. The molecule has 2 aliphatic rings. The van der Waals surface area contributed by atoms with Crippen molar-refractivity contribution in [1.29, 1.82) is 0 Å². The molecular formula is C17H17N3O. The first-order chi connectivity index (χ1) is 10.2. The van der Waals surface area contributed by atoms with Gasteiger partial charge in [-0.05, 0) is 18.4 Å². The van der Waals surface area contributed by atoms with E-state index in [9.17, 15) is 4.79 Å². The molecule has 0 radical (unpaired) electrons. The van der Waals surface area contributed by atoms with Gasteiger partial charge in [-0.2, -0.15) is 5.10 Å². The minimum absolute atomic E-state index is 0.341. The highest BCUT2D eigenvalue weighted by molar-refractivity contribution is 5.95. The van der Waals surface area contributed by atoms with Crippen molar-refractivity contribution in [2.45, 2.75) is 31.2 Å². The molecule has 1 atom stereocenters. The molecule has 1 amide bonds. The van der Waals surface area contributed by atoms with E-state index in [1.165, 1.54) is 5.56 Å². The Labute approximate surface area is 123 Å². The third kappa shape index (κ3) is 2.07. The van der Waals surface area contributed by atoms with E-state index in [1.807, 2.05) is 16.8 Å². The van der Waals surface area contributed by atoms with Crippen LogP contribution in [0, 0.1) is 0 Å². The molecule has 1 fully saturated rings. The maximum atomic E-state index is 11.6. The number of rotatable bonds is 3. The summed E-state index contributed by atoms with van der Waals surface area (Å²) < 4.78 is 2.04. The number of hydrogen-bond donors (Lipinski definition) is 1. The Bertz CT molecular complexity index is 726. The van der Waals surface area contributed by atoms with Crippen LogP contribution in [0.1, 0.15) is 52.1 Å². The molecule has 1 heterocycles. The van der Waals surface area contributed by atoms with Crippen molar-refractivity contribution in [2.75, 3.05) is 0 Å². The SMILES string of the molecule is NC(=O)c1nn(C2CC2)c2c1C=CC(c1ccccc1)C2. The number of allylic oxidation sites excluding steroid dienone is 1. The summed E-state index contributed by atoms with van der Waals surface area (Å²) >= 11 is 0. The fourth-order valence-electron chi connectivity index (χ4n) is 3.08. The number of hydrogen-bond acceptors (Lipinski definition) is 2. The first kappa shape index (κ1) is 12.4. The van der Waals surface area contributed by atoms with Crippen LogP contribution in [-0.2, 0) is 6.42 Å². The fourth-order valence-corrected chi connectivity index (χ4v) is 3.08. The molecule has 1 saturated carbocycles. The highest BCUT2D eigenvalue weighted by Crippen LogP contribution is 2.40. The average Bonchev–Trinajstić information content (AvgIpc) is 3.28. The molecule has 2 aromatic rings. The lowest BCUT2D eigenvalue weighted by Crippen LogP contribution is -2.14. The summed E-state index contributed by atoms with van der Waals surface area (Å²) in [5.41, 5.74) is 9.25. The third-order valence-corrected chi connectivity index (χ3v) is 4.31. The zero-order chi connectivity index (χ0) is 14.4. The van der Waals surface area contributed by atoms with E-state index in [1.54, 1.807) is 0 Å². The Morgan fingerprint density at radius 3 is 2.67 bits per heavy atom. The second-order valence-electron chi connectivity index (χ2n) is 5.83. The van der Waals surface area contributed by atoms with Crippen molar-refractivity contribution >= 4 is 12.0 Å².